The molecule has 8 heteroatoms. The van der Waals surface area contributed by atoms with Gasteiger partial charge in [-0.25, -0.2) is 14.3 Å². The number of aliphatic imine (C=N–C) groups is 2. The fourth-order valence-electron chi connectivity index (χ4n) is 2.85. The molecule has 0 unspecified atom stereocenters. The van der Waals surface area contributed by atoms with Gasteiger partial charge in [-0.15, -0.1) is 0 Å². The number of hydrogen-bond donors (Lipinski definition) is 1. The number of anilines is 1. The van der Waals surface area contributed by atoms with Gasteiger partial charge in [0.25, 0.3) is 5.91 Å². The number of carbonyl (C=O) groups is 2. The number of hydrogen-bond acceptors (Lipinski definition) is 5. The molecular weight excluding hydrogens is 367 g/mol. The molecule has 0 radical (unpaired) electrons. The monoisotopic (exact) mass is 382 g/mol. The van der Waals surface area contributed by atoms with Crippen LogP contribution in [0.2, 0.25) is 0 Å². The Labute approximate surface area is 159 Å². The van der Waals surface area contributed by atoms with E-state index in [9.17, 15) is 14.0 Å². The first kappa shape index (κ1) is 17.4. The standard InChI is InChI=1S/C19H15FN4O2S/c1-11-18(26)24-17(21-11)12-6-2-4-8-14(12)23-19(24)27-10-16(25)22-15-9-5-3-7-13(15)20/h2-9,11H,10H2,1H3,(H,22,25)/t11-/m1/s1. The lowest BCUT2D eigenvalue weighted by Gasteiger charge is -2.25. The third kappa shape index (κ3) is 3.23. The second-order valence-electron chi connectivity index (χ2n) is 6.03. The van der Waals surface area contributed by atoms with Crippen molar-refractivity contribution < 1.29 is 14.0 Å². The average molecular weight is 382 g/mol. The summed E-state index contributed by atoms with van der Waals surface area (Å²) in [5, 5.41) is 2.92. The molecule has 0 saturated carbocycles. The molecule has 0 aromatic heterocycles. The third-order valence-corrected chi connectivity index (χ3v) is 5.08. The maximum Gasteiger partial charge on any atom is 0.258 e. The molecule has 0 bridgehead atoms. The summed E-state index contributed by atoms with van der Waals surface area (Å²) in [5.74, 6) is -0.529. The molecule has 2 amide bonds. The molecular formula is C19H15FN4O2S. The summed E-state index contributed by atoms with van der Waals surface area (Å²) in [6.45, 7) is 1.73. The molecule has 2 aromatic carbocycles. The van der Waals surface area contributed by atoms with Gasteiger partial charge in [0.2, 0.25) is 5.91 Å². The Morgan fingerprint density at radius 1 is 1.22 bits per heavy atom. The molecule has 27 heavy (non-hydrogen) atoms. The number of amidine groups is 2. The minimum absolute atomic E-state index is 0.0131. The van der Waals surface area contributed by atoms with E-state index >= 15 is 0 Å². The Kier molecular flexibility index (Phi) is 4.49. The van der Waals surface area contributed by atoms with E-state index in [1.54, 1.807) is 19.1 Å². The SMILES string of the molecule is C[C@H]1N=C2c3ccccc3N=C(SCC(=O)Nc3ccccc3F)N2C1=O. The van der Waals surface area contributed by atoms with E-state index in [-0.39, 0.29) is 23.3 Å². The molecule has 0 fully saturated rings. The van der Waals surface area contributed by atoms with Crippen LogP contribution in [0.15, 0.2) is 58.5 Å². The van der Waals surface area contributed by atoms with Crippen LogP contribution in [0.25, 0.3) is 0 Å². The maximum absolute atomic E-state index is 13.7. The van der Waals surface area contributed by atoms with Crippen LogP contribution in [0.3, 0.4) is 0 Å². The van der Waals surface area contributed by atoms with E-state index in [0.29, 0.717) is 16.7 Å². The summed E-state index contributed by atoms with van der Waals surface area (Å²) in [6, 6.07) is 12.9. The lowest BCUT2D eigenvalue weighted by atomic mass is 10.1. The summed E-state index contributed by atoms with van der Waals surface area (Å²) in [6.07, 6.45) is 0. The Balaban J connectivity index is 1.54. The number of carbonyl (C=O) groups excluding carboxylic acids is 2. The van der Waals surface area contributed by atoms with Crippen molar-refractivity contribution in [2.45, 2.75) is 13.0 Å². The van der Waals surface area contributed by atoms with Crippen LogP contribution in [0, 0.1) is 5.82 Å². The number of rotatable bonds is 3. The lowest BCUT2D eigenvalue weighted by molar-refractivity contribution is -0.124. The van der Waals surface area contributed by atoms with E-state index in [2.05, 4.69) is 15.3 Å². The summed E-state index contributed by atoms with van der Waals surface area (Å²) < 4.78 is 13.7. The van der Waals surface area contributed by atoms with Gasteiger partial charge < -0.3 is 5.32 Å². The molecule has 2 aliphatic heterocycles. The summed E-state index contributed by atoms with van der Waals surface area (Å²) >= 11 is 1.12. The van der Waals surface area contributed by atoms with E-state index in [0.717, 1.165) is 17.3 Å². The van der Waals surface area contributed by atoms with Crippen LogP contribution >= 0.6 is 11.8 Å². The topological polar surface area (TPSA) is 74.1 Å². The number of amides is 2. The van der Waals surface area contributed by atoms with E-state index in [4.69, 9.17) is 0 Å². The lowest BCUT2D eigenvalue weighted by Crippen LogP contribution is -2.41. The average Bonchev–Trinajstić information content (AvgIpc) is 2.97. The number of halogens is 1. The minimum Gasteiger partial charge on any atom is -0.323 e. The highest BCUT2D eigenvalue weighted by Gasteiger charge is 2.39. The van der Waals surface area contributed by atoms with Crippen LogP contribution in [0.4, 0.5) is 15.8 Å². The number of thioether (sulfide) groups is 1. The van der Waals surface area contributed by atoms with Crippen LogP contribution < -0.4 is 5.32 Å². The first-order valence-corrected chi connectivity index (χ1v) is 9.30. The molecule has 2 aliphatic rings. The second kappa shape index (κ2) is 6.96. The highest BCUT2D eigenvalue weighted by Crippen LogP contribution is 2.33. The summed E-state index contributed by atoms with van der Waals surface area (Å²) in [5.41, 5.74) is 1.61. The van der Waals surface area contributed by atoms with Gasteiger partial charge in [-0.3, -0.25) is 14.6 Å². The fourth-order valence-corrected chi connectivity index (χ4v) is 3.65. The highest BCUT2D eigenvalue weighted by molar-refractivity contribution is 8.14. The number of nitrogens with one attached hydrogen (secondary N) is 1. The second-order valence-corrected chi connectivity index (χ2v) is 6.97. The molecule has 1 N–H and O–H groups in total. The Hall–Kier alpha value is -3.00. The molecule has 0 aliphatic carbocycles. The van der Waals surface area contributed by atoms with Crippen LogP contribution in [-0.2, 0) is 9.59 Å². The molecule has 0 saturated heterocycles. The minimum atomic E-state index is -0.502. The van der Waals surface area contributed by atoms with Crippen LogP contribution in [0.1, 0.15) is 12.5 Å². The molecule has 2 heterocycles. The molecule has 0 spiro atoms. The largest absolute Gasteiger partial charge is 0.323 e. The van der Waals surface area contributed by atoms with E-state index in [1.807, 2.05) is 24.3 Å². The van der Waals surface area contributed by atoms with Gasteiger partial charge in [0.15, 0.2) is 5.17 Å². The third-order valence-electron chi connectivity index (χ3n) is 4.14. The number of fused-ring (bicyclic) bond motifs is 3. The predicted molar refractivity (Wildman–Crippen MR) is 104 cm³/mol. The fraction of sp³-hybridized carbons (Fsp3) is 0.158. The van der Waals surface area contributed by atoms with E-state index in [1.165, 1.54) is 17.0 Å². The van der Waals surface area contributed by atoms with Crippen molar-refractivity contribution in [3.63, 3.8) is 0 Å². The Morgan fingerprint density at radius 3 is 2.78 bits per heavy atom. The van der Waals surface area contributed by atoms with Gasteiger partial charge in [-0.1, -0.05) is 36.0 Å². The van der Waals surface area contributed by atoms with Gasteiger partial charge in [0, 0.05) is 5.56 Å². The first-order valence-electron chi connectivity index (χ1n) is 8.31. The maximum atomic E-state index is 13.7. The Bertz CT molecular complexity index is 1000. The van der Waals surface area contributed by atoms with Crippen molar-refractivity contribution in [3.05, 3.63) is 59.9 Å². The van der Waals surface area contributed by atoms with Crippen molar-refractivity contribution in [2.24, 2.45) is 9.98 Å². The van der Waals surface area contributed by atoms with Gasteiger partial charge >= 0.3 is 0 Å². The number of benzene rings is 2. The van der Waals surface area contributed by atoms with Crippen molar-refractivity contribution in [1.29, 1.82) is 0 Å². The summed E-state index contributed by atoms with van der Waals surface area (Å²) in [7, 11) is 0. The molecule has 2 aromatic rings. The molecule has 6 nitrogen and oxygen atoms in total. The smallest absolute Gasteiger partial charge is 0.258 e. The first-order chi connectivity index (χ1) is 13.0. The van der Waals surface area contributed by atoms with Crippen LogP contribution in [-0.4, -0.2) is 39.5 Å². The van der Waals surface area contributed by atoms with Crippen molar-refractivity contribution in [1.82, 2.24) is 4.90 Å². The zero-order chi connectivity index (χ0) is 19.0. The Morgan fingerprint density at radius 2 is 1.96 bits per heavy atom. The van der Waals surface area contributed by atoms with Crippen molar-refractivity contribution in [2.75, 3.05) is 11.1 Å². The van der Waals surface area contributed by atoms with Gasteiger partial charge in [-0.05, 0) is 31.2 Å². The normalized spacial score (nSPS) is 17.8. The van der Waals surface area contributed by atoms with Crippen LogP contribution in [0.5, 0.6) is 0 Å². The number of para-hydroxylation sites is 2. The van der Waals surface area contributed by atoms with Gasteiger partial charge in [-0.2, -0.15) is 0 Å². The molecule has 4 rings (SSSR count). The van der Waals surface area contributed by atoms with Crippen molar-refractivity contribution >= 4 is 46.0 Å². The highest BCUT2D eigenvalue weighted by atomic mass is 32.2. The van der Waals surface area contributed by atoms with E-state index < -0.39 is 11.9 Å². The zero-order valence-corrected chi connectivity index (χ0v) is 15.2. The zero-order valence-electron chi connectivity index (χ0n) is 14.3. The molecule has 1 atom stereocenters. The van der Waals surface area contributed by atoms with Gasteiger partial charge in [0.05, 0.1) is 17.1 Å². The van der Waals surface area contributed by atoms with Crippen molar-refractivity contribution in [3.8, 4) is 0 Å². The van der Waals surface area contributed by atoms with Gasteiger partial charge in [0.1, 0.15) is 17.7 Å². The molecule has 136 valence electrons. The number of nitrogens with zero attached hydrogens (tertiary/aromatic N) is 3. The quantitative estimate of drug-likeness (QED) is 0.886. The predicted octanol–water partition coefficient (Wildman–Crippen LogP) is 3.18. The summed E-state index contributed by atoms with van der Waals surface area (Å²) in [4.78, 5) is 35.1.